The van der Waals surface area contributed by atoms with Gasteiger partial charge in [-0.1, -0.05) is 35.9 Å². The predicted octanol–water partition coefficient (Wildman–Crippen LogP) is 4.85. The molecule has 0 saturated carbocycles. The highest BCUT2D eigenvalue weighted by atomic mass is 35.5. The molecular weight excluding hydrogens is 458 g/mol. The van der Waals surface area contributed by atoms with Gasteiger partial charge in [0, 0.05) is 17.8 Å². The Morgan fingerprint density at radius 1 is 0.882 bits per heavy atom. The van der Waals surface area contributed by atoms with Crippen LogP contribution in [-0.4, -0.2) is 24.3 Å². The number of hydrogen-bond acceptors (Lipinski definition) is 6. The maximum absolute atomic E-state index is 12.8. The number of hydrogen-bond donors (Lipinski definition) is 2. The van der Waals surface area contributed by atoms with Crippen molar-refractivity contribution in [3.05, 3.63) is 92.7 Å². The molecule has 176 valence electrons. The van der Waals surface area contributed by atoms with Gasteiger partial charge >= 0.3 is 0 Å². The van der Waals surface area contributed by atoms with E-state index in [0.717, 1.165) is 22.6 Å². The van der Waals surface area contributed by atoms with Crippen LogP contribution in [0, 0.1) is 0 Å². The Hall–Kier alpha value is -3.68. The van der Waals surface area contributed by atoms with Gasteiger partial charge in [0.05, 0.1) is 36.8 Å². The summed E-state index contributed by atoms with van der Waals surface area (Å²) in [6.07, 6.45) is 1.46. The van der Waals surface area contributed by atoms with Gasteiger partial charge in [0.15, 0.2) is 16.9 Å². The monoisotopic (exact) mass is 481 g/mol. The Bertz CT molecular complexity index is 1330. The minimum Gasteiger partial charge on any atom is -0.497 e. The van der Waals surface area contributed by atoms with Gasteiger partial charge in [-0.2, -0.15) is 0 Å². The first-order chi connectivity index (χ1) is 16.5. The summed E-state index contributed by atoms with van der Waals surface area (Å²) in [5.74, 6) is 2.12. The highest BCUT2D eigenvalue weighted by Crippen LogP contribution is 2.40. The number of H-pyrrole nitrogens is 1. The molecule has 34 heavy (non-hydrogen) atoms. The van der Waals surface area contributed by atoms with Crippen LogP contribution in [0.1, 0.15) is 16.7 Å². The van der Waals surface area contributed by atoms with Crippen molar-refractivity contribution in [2.45, 2.75) is 19.8 Å². The number of aromatic nitrogens is 1. The van der Waals surface area contributed by atoms with Crippen LogP contribution in [0.3, 0.4) is 0 Å². The van der Waals surface area contributed by atoms with Gasteiger partial charge in [0.1, 0.15) is 24.7 Å². The summed E-state index contributed by atoms with van der Waals surface area (Å²) in [6.45, 7) is 0.0504. The number of pyridine rings is 1. The van der Waals surface area contributed by atoms with E-state index in [-0.39, 0.29) is 40.4 Å². The van der Waals surface area contributed by atoms with Crippen molar-refractivity contribution in [3.63, 3.8) is 0 Å². The minimum absolute atomic E-state index is 0.118. The Morgan fingerprint density at radius 2 is 1.44 bits per heavy atom. The Balaban J connectivity index is 1.69. The van der Waals surface area contributed by atoms with Crippen LogP contribution in [0.5, 0.6) is 23.0 Å². The zero-order valence-corrected chi connectivity index (χ0v) is 19.5. The topological polar surface area (TPSA) is 90.0 Å². The second-order valence-corrected chi connectivity index (χ2v) is 7.89. The van der Waals surface area contributed by atoms with E-state index in [2.05, 4.69) is 4.98 Å². The fraction of sp³-hybridized carbons (Fsp3) is 0.192. The third kappa shape index (κ3) is 4.95. The SMILES string of the molecule is COc1ccc(COc2cc3[nH]cc(CO)c(=O)c3c(Cl)c2OCc2ccc(OC)cc2)cc1. The third-order valence-electron chi connectivity index (χ3n) is 5.37. The van der Waals surface area contributed by atoms with Gasteiger partial charge in [-0.05, 0) is 35.4 Å². The van der Waals surface area contributed by atoms with Gasteiger partial charge in [0.25, 0.3) is 0 Å². The lowest BCUT2D eigenvalue weighted by atomic mass is 10.1. The molecule has 0 atom stereocenters. The van der Waals surface area contributed by atoms with Crippen LogP contribution in [0.2, 0.25) is 5.02 Å². The fourth-order valence-electron chi connectivity index (χ4n) is 3.45. The number of benzene rings is 3. The molecule has 0 aliphatic heterocycles. The molecule has 0 spiro atoms. The van der Waals surface area contributed by atoms with Crippen molar-refractivity contribution < 1.29 is 24.1 Å². The molecule has 1 heterocycles. The fourth-order valence-corrected chi connectivity index (χ4v) is 3.79. The minimum atomic E-state index is -0.403. The van der Waals surface area contributed by atoms with Gasteiger partial charge in [-0.3, -0.25) is 4.79 Å². The van der Waals surface area contributed by atoms with E-state index in [1.807, 2.05) is 48.5 Å². The van der Waals surface area contributed by atoms with Crippen LogP contribution in [0.4, 0.5) is 0 Å². The number of fused-ring (bicyclic) bond motifs is 1. The summed E-state index contributed by atoms with van der Waals surface area (Å²) >= 11 is 6.67. The van der Waals surface area contributed by atoms with Crippen LogP contribution in [0.15, 0.2) is 65.6 Å². The van der Waals surface area contributed by atoms with E-state index < -0.39 is 6.61 Å². The van der Waals surface area contributed by atoms with Gasteiger partial charge in [-0.15, -0.1) is 0 Å². The highest BCUT2D eigenvalue weighted by Gasteiger charge is 2.19. The van der Waals surface area contributed by atoms with E-state index in [1.165, 1.54) is 6.20 Å². The van der Waals surface area contributed by atoms with Crippen molar-refractivity contribution in [1.82, 2.24) is 4.98 Å². The number of aliphatic hydroxyl groups is 1. The van der Waals surface area contributed by atoms with Gasteiger partial charge < -0.3 is 29.0 Å². The zero-order valence-electron chi connectivity index (χ0n) is 18.8. The van der Waals surface area contributed by atoms with Crippen molar-refractivity contribution in [1.29, 1.82) is 0 Å². The molecule has 4 aromatic rings. The Morgan fingerprint density at radius 3 is 1.97 bits per heavy atom. The number of aromatic amines is 1. The first kappa shape index (κ1) is 23.5. The first-order valence-corrected chi connectivity index (χ1v) is 10.9. The molecule has 0 bridgehead atoms. The second-order valence-electron chi connectivity index (χ2n) is 7.52. The lowest BCUT2D eigenvalue weighted by molar-refractivity contribution is 0.256. The molecular formula is C26H24ClNO6. The summed E-state index contributed by atoms with van der Waals surface area (Å²) in [6, 6.07) is 16.6. The smallest absolute Gasteiger partial charge is 0.196 e. The molecule has 0 radical (unpaired) electrons. The van der Waals surface area contributed by atoms with E-state index in [9.17, 15) is 9.90 Å². The van der Waals surface area contributed by atoms with Gasteiger partial charge in [0.2, 0.25) is 0 Å². The summed E-state index contributed by atoms with van der Waals surface area (Å²) < 4.78 is 22.5. The first-order valence-electron chi connectivity index (χ1n) is 10.5. The number of nitrogens with one attached hydrogen (secondary N) is 1. The van der Waals surface area contributed by atoms with Crippen LogP contribution in [-0.2, 0) is 19.8 Å². The second kappa shape index (κ2) is 10.5. The Labute approximate surface area is 201 Å². The maximum atomic E-state index is 12.8. The van der Waals surface area contributed by atoms with Crippen molar-refractivity contribution in [3.8, 4) is 23.0 Å². The van der Waals surface area contributed by atoms with Crippen molar-refractivity contribution >= 4 is 22.5 Å². The molecule has 0 fully saturated rings. The van der Waals surface area contributed by atoms with E-state index in [0.29, 0.717) is 11.3 Å². The zero-order chi connectivity index (χ0) is 24.1. The molecule has 2 N–H and O–H groups in total. The molecule has 4 rings (SSSR count). The average molecular weight is 482 g/mol. The summed E-state index contributed by atoms with van der Waals surface area (Å²) in [7, 11) is 3.21. The number of methoxy groups -OCH3 is 2. The molecule has 0 aliphatic rings. The average Bonchev–Trinajstić information content (AvgIpc) is 2.87. The lowest BCUT2D eigenvalue weighted by Gasteiger charge is -2.17. The molecule has 8 heteroatoms. The Kier molecular flexibility index (Phi) is 7.25. The number of ether oxygens (including phenoxy) is 4. The molecule has 0 unspecified atom stereocenters. The summed E-state index contributed by atoms with van der Waals surface area (Å²) in [5, 5.41) is 9.85. The normalized spacial score (nSPS) is 10.8. The third-order valence-corrected chi connectivity index (χ3v) is 5.73. The molecule has 3 aromatic carbocycles. The van der Waals surface area contributed by atoms with E-state index in [4.69, 9.17) is 30.5 Å². The molecule has 1 aromatic heterocycles. The number of rotatable bonds is 9. The molecule has 7 nitrogen and oxygen atoms in total. The standard InChI is InChI=1S/C26H24ClNO6/c1-31-19-7-3-16(4-8-19)14-33-22-11-21-23(25(30)18(13-29)12-28-21)24(27)26(22)34-15-17-5-9-20(32-2)10-6-17/h3-12,29H,13-15H2,1-2H3,(H,28,30). The van der Waals surface area contributed by atoms with Crippen LogP contribution >= 0.6 is 11.6 Å². The molecule has 0 aliphatic carbocycles. The number of aliphatic hydroxyl groups excluding tert-OH is 1. The lowest BCUT2D eigenvalue weighted by Crippen LogP contribution is -2.11. The summed E-state index contributed by atoms with van der Waals surface area (Å²) in [4.78, 5) is 15.9. The van der Waals surface area contributed by atoms with Gasteiger partial charge in [-0.25, -0.2) is 0 Å². The van der Waals surface area contributed by atoms with Crippen molar-refractivity contribution in [2.24, 2.45) is 0 Å². The summed E-state index contributed by atoms with van der Waals surface area (Å²) in [5.41, 5.74) is 2.13. The molecule has 0 amide bonds. The maximum Gasteiger partial charge on any atom is 0.196 e. The molecule has 0 saturated heterocycles. The quantitative estimate of drug-likeness (QED) is 0.355. The predicted molar refractivity (Wildman–Crippen MR) is 130 cm³/mol. The van der Waals surface area contributed by atoms with Crippen LogP contribution in [0.25, 0.3) is 10.9 Å². The highest BCUT2D eigenvalue weighted by molar-refractivity contribution is 6.37. The van der Waals surface area contributed by atoms with Crippen molar-refractivity contribution in [2.75, 3.05) is 14.2 Å². The van der Waals surface area contributed by atoms with E-state index in [1.54, 1.807) is 20.3 Å². The number of halogens is 1. The largest absolute Gasteiger partial charge is 0.497 e. The van der Waals surface area contributed by atoms with Crippen LogP contribution < -0.4 is 24.4 Å². The van der Waals surface area contributed by atoms with E-state index >= 15 is 0 Å².